The Kier molecular flexibility index (Phi) is 5.21. The van der Waals surface area contributed by atoms with Gasteiger partial charge in [-0.2, -0.15) is 11.8 Å². The molecule has 0 aliphatic rings. The van der Waals surface area contributed by atoms with Gasteiger partial charge in [0, 0.05) is 18.0 Å². The summed E-state index contributed by atoms with van der Waals surface area (Å²) in [6, 6.07) is 7.76. The highest BCUT2D eigenvalue weighted by Crippen LogP contribution is 2.09. The standard InChI is InChI=1S/C11H16N2OS/c1-9-2-4-10(5-3-9)13-11(14)8-15-7-6-12/h2-5H,6-8,12H2,1H3,(H,13,14). The molecule has 0 fully saturated rings. The van der Waals surface area contributed by atoms with Gasteiger partial charge in [0.25, 0.3) is 0 Å². The highest BCUT2D eigenvalue weighted by molar-refractivity contribution is 7.99. The van der Waals surface area contributed by atoms with Crippen molar-refractivity contribution < 1.29 is 4.79 Å². The Balaban J connectivity index is 2.34. The summed E-state index contributed by atoms with van der Waals surface area (Å²) in [5, 5.41) is 2.83. The second-order valence-corrected chi connectivity index (χ2v) is 4.36. The molecule has 0 heterocycles. The summed E-state index contributed by atoms with van der Waals surface area (Å²) in [6.07, 6.45) is 0. The number of nitrogens with two attached hydrogens (primary N) is 1. The van der Waals surface area contributed by atoms with E-state index in [4.69, 9.17) is 5.73 Å². The van der Waals surface area contributed by atoms with Crippen molar-refractivity contribution in [2.45, 2.75) is 6.92 Å². The third-order valence-corrected chi connectivity index (χ3v) is 2.82. The maximum absolute atomic E-state index is 11.4. The van der Waals surface area contributed by atoms with Gasteiger partial charge in [-0.3, -0.25) is 4.79 Å². The molecular weight excluding hydrogens is 208 g/mol. The zero-order valence-corrected chi connectivity index (χ0v) is 9.64. The van der Waals surface area contributed by atoms with Gasteiger partial charge in [-0.25, -0.2) is 0 Å². The third kappa shape index (κ3) is 4.85. The number of thioether (sulfide) groups is 1. The summed E-state index contributed by atoms with van der Waals surface area (Å²) < 4.78 is 0. The number of anilines is 1. The molecule has 0 aliphatic heterocycles. The normalized spacial score (nSPS) is 10.0. The Morgan fingerprint density at radius 1 is 1.40 bits per heavy atom. The molecule has 0 bridgehead atoms. The van der Waals surface area contributed by atoms with E-state index in [9.17, 15) is 4.79 Å². The molecule has 3 nitrogen and oxygen atoms in total. The Morgan fingerprint density at radius 3 is 2.67 bits per heavy atom. The first kappa shape index (κ1) is 12.1. The van der Waals surface area contributed by atoms with Gasteiger partial charge >= 0.3 is 0 Å². The molecule has 1 aromatic carbocycles. The number of carbonyl (C=O) groups is 1. The van der Waals surface area contributed by atoms with Gasteiger partial charge < -0.3 is 11.1 Å². The van der Waals surface area contributed by atoms with Crippen molar-refractivity contribution in [3.05, 3.63) is 29.8 Å². The zero-order valence-electron chi connectivity index (χ0n) is 8.82. The van der Waals surface area contributed by atoms with Crippen LogP contribution in [0.4, 0.5) is 5.69 Å². The number of nitrogens with one attached hydrogen (secondary N) is 1. The van der Waals surface area contributed by atoms with Crippen molar-refractivity contribution in [3.8, 4) is 0 Å². The van der Waals surface area contributed by atoms with Crippen molar-refractivity contribution in [2.24, 2.45) is 5.73 Å². The van der Waals surface area contributed by atoms with E-state index in [0.29, 0.717) is 12.3 Å². The topological polar surface area (TPSA) is 55.1 Å². The lowest BCUT2D eigenvalue weighted by Crippen LogP contribution is -2.15. The minimum Gasteiger partial charge on any atom is -0.330 e. The van der Waals surface area contributed by atoms with E-state index in [1.54, 1.807) is 11.8 Å². The number of hydrogen-bond acceptors (Lipinski definition) is 3. The molecule has 1 aromatic rings. The first-order valence-corrected chi connectivity index (χ1v) is 6.02. The molecule has 0 saturated carbocycles. The number of amides is 1. The first-order valence-electron chi connectivity index (χ1n) is 4.86. The molecule has 0 unspecified atom stereocenters. The van der Waals surface area contributed by atoms with Crippen LogP contribution in [0.5, 0.6) is 0 Å². The SMILES string of the molecule is Cc1ccc(NC(=O)CSCCN)cc1. The quantitative estimate of drug-likeness (QED) is 0.747. The number of hydrogen-bond donors (Lipinski definition) is 2. The average Bonchev–Trinajstić information content (AvgIpc) is 2.22. The largest absolute Gasteiger partial charge is 0.330 e. The maximum atomic E-state index is 11.4. The number of aryl methyl sites for hydroxylation is 1. The van der Waals surface area contributed by atoms with Crippen molar-refractivity contribution in [1.29, 1.82) is 0 Å². The molecule has 0 aromatic heterocycles. The minimum absolute atomic E-state index is 0.0253. The van der Waals surface area contributed by atoms with Crippen LogP contribution >= 0.6 is 11.8 Å². The molecule has 15 heavy (non-hydrogen) atoms. The molecule has 1 amide bonds. The molecular formula is C11H16N2OS. The van der Waals surface area contributed by atoms with E-state index in [2.05, 4.69) is 5.32 Å². The van der Waals surface area contributed by atoms with Crippen LogP contribution in [0.2, 0.25) is 0 Å². The molecule has 3 N–H and O–H groups in total. The summed E-state index contributed by atoms with van der Waals surface area (Å²) in [7, 11) is 0. The Hall–Kier alpha value is -1.00. The van der Waals surface area contributed by atoms with E-state index in [0.717, 1.165) is 11.4 Å². The second kappa shape index (κ2) is 6.48. The predicted molar refractivity (Wildman–Crippen MR) is 66.2 cm³/mol. The average molecular weight is 224 g/mol. The van der Waals surface area contributed by atoms with Crippen molar-refractivity contribution in [1.82, 2.24) is 0 Å². The highest BCUT2D eigenvalue weighted by Gasteiger charge is 2.01. The van der Waals surface area contributed by atoms with Gasteiger partial charge in [-0.15, -0.1) is 0 Å². The fraction of sp³-hybridized carbons (Fsp3) is 0.364. The summed E-state index contributed by atoms with van der Waals surface area (Å²) in [4.78, 5) is 11.4. The number of carbonyl (C=O) groups excluding carboxylic acids is 1. The van der Waals surface area contributed by atoms with E-state index >= 15 is 0 Å². The van der Waals surface area contributed by atoms with Crippen LogP contribution in [0.3, 0.4) is 0 Å². The predicted octanol–water partition coefficient (Wildman–Crippen LogP) is 1.63. The molecule has 1 rings (SSSR count). The Labute approximate surface area is 94.4 Å². The van der Waals surface area contributed by atoms with Crippen molar-refractivity contribution in [3.63, 3.8) is 0 Å². The van der Waals surface area contributed by atoms with Gasteiger partial charge in [-0.1, -0.05) is 17.7 Å². The summed E-state index contributed by atoms with van der Waals surface area (Å²) in [5.41, 5.74) is 7.36. The minimum atomic E-state index is 0.0253. The zero-order chi connectivity index (χ0) is 11.1. The summed E-state index contributed by atoms with van der Waals surface area (Å²) >= 11 is 1.55. The monoisotopic (exact) mass is 224 g/mol. The molecule has 0 spiro atoms. The first-order chi connectivity index (χ1) is 7.22. The van der Waals surface area contributed by atoms with Gasteiger partial charge in [0.15, 0.2) is 0 Å². The van der Waals surface area contributed by atoms with Crippen LogP contribution in [0.15, 0.2) is 24.3 Å². The van der Waals surface area contributed by atoms with Crippen LogP contribution in [0.25, 0.3) is 0 Å². The fourth-order valence-electron chi connectivity index (χ4n) is 1.08. The van der Waals surface area contributed by atoms with E-state index < -0.39 is 0 Å². The maximum Gasteiger partial charge on any atom is 0.234 e. The van der Waals surface area contributed by atoms with Crippen molar-refractivity contribution in [2.75, 3.05) is 23.4 Å². The lowest BCUT2D eigenvalue weighted by Gasteiger charge is -2.04. The molecule has 0 saturated heterocycles. The van der Waals surface area contributed by atoms with Gasteiger partial charge in [0.1, 0.15) is 0 Å². The van der Waals surface area contributed by atoms with Gasteiger partial charge in [-0.05, 0) is 19.1 Å². The Bertz CT molecular complexity index is 311. The fourth-order valence-corrected chi connectivity index (χ4v) is 1.65. The molecule has 0 aliphatic carbocycles. The number of benzene rings is 1. The third-order valence-electron chi connectivity index (χ3n) is 1.83. The second-order valence-electron chi connectivity index (χ2n) is 3.26. The molecule has 0 atom stereocenters. The molecule has 4 heteroatoms. The lowest BCUT2D eigenvalue weighted by atomic mass is 10.2. The summed E-state index contributed by atoms with van der Waals surface area (Å²) in [5.74, 6) is 1.31. The Morgan fingerprint density at radius 2 is 2.07 bits per heavy atom. The van der Waals surface area contributed by atoms with Crippen LogP contribution < -0.4 is 11.1 Å². The summed E-state index contributed by atoms with van der Waals surface area (Å²) in [6.45, 7) is 2.63. The smallest absolute Gasteiger partial charge is 0.234 e. The van der Waals surface area contributed by atoms with E-state index in [1.807, 2.05) is 31.2 Å². The molecule has 0 radical (unpaired) electrons. The van der Waals surface area contributed by atoms with Crippen LogP contribution in [-0.4, -0.2) is 24.0 Å². The van der Waals surface area contributed by atoms with E-state index in [-0.39, 0.29) is 5.91 Å². The van der Waals surface area contributed by atoms with Gasteiger partial charge in [0.05, 0.1) is 5.75 Å². The molecule has 82 valence electrons. The van der Waals surface area contributed by atoms with Gasteiger partial charge in [0.2, 0.25) is 5.91 Å². The van der Waals surface area contributed by atoms with E-state index in [1.165, 1.54) is 5.56 Å². The van der Waals surface area contributed by atoms with Crippen molar-refractivity contribution >= 4 is 23.4 Å². The van der Waals surface area contributed by atoms with Crippen LogP contribution in [-0.2, 0) is 4.79 Å². The highest BCUT2D eigenvalue weighted by atomic mass is 32.2. The number of rotatable bonds is 5. The lowest BCUT2D eigenvalue weighted by molar-refractivity contribution is -0.113. The van der Waals surface area contributed by atoms with Crippen LogP contribution in [0.1, 0.15) is 5.56 Å². The van der Waals surface area contributed by atoms with Crippen LogP contribution in [0, 0.1) is 6.92 Å².